The molecule has 0 unspecified atom stereocenters. The van der Waals surface area contributed by atoms with E-state index in [0.29, 0.717) is 41.3 Å². The molecule has 1 saturated heterocycles. The second-order valence-electron chi connectivity index (χ2n) is 5.65. The Hall–Kier alpha value is -2.28. The van der Waals surface area contributed by atoms with Gasteiger partial charge < -0.3 is 9.72 Å². The van der Waals surface area contributed by atoms with E-state index in [-0.39, 0.29) is 18.4 Å². The minimum atomic E-state index is -1.53. The number of aromatic nitrogens is 4. The largest absolute Gasteiger partial charge is 0.381 e. The Bertz CT molecular complexity index is 924. The van der Waals surface area contributed by atoms with E-state index >= 15 is 4.39 Å². The van der Waals surface area contributed by atoms with Crippen molar-refractivity contribution in [3.05, 3.63) is 40.2 Å². The van der Waals surface area contributed by atoms with E-state index in [2.05, 4.69) is 15.0 Å². The summed E-state index contributed by atoms with van der Waals surface area (Å²) < 4.78 is 22.3. The summed E-state index contributed by atoms with van der Waals surface area (Å²) in [6.07, 6.45) is 3.82. The van der Waals surface area contributed by atoms with Crippen LogP contribution in [-0.2, 0) is 10.4 Å². The van der Waals surface area contributed by atoms with E-state index in [1.54, 1.807) is 29.8 Å². The molecule has 0 radical (unpaired) electrons. The predicted octanol–water partition coefficient (Wildman–Crippen LogP) is 1.85. The molecule has 0 bridgehead atoms. The number of fused-ring (bicyclic) bond motifs is 3. The standard InChI is InChI=1S/C15H15FN4O2/c1-9-18-12-10(14(21)19-9)8-11(13-17-4-5-20(12)13)15(16)2-6-22-7-3-15/h4-5,8H,2-3,6-7H2,1H3,(H,18,19,21). The van der Waals surface area contributed by atoms with Crippen molar-refractivity contribution >= 4 is 16.7 Å². The van der Waals surface area contributed by atoms with Crippen LogP contribution >= 0.6 is 0 Å². The number of halogens is 1. The molecular weight excluding hydrogens is 287 g/mol. The van der Waals surface area contributed by atoms with Gasteiger partial charge in [-0.25, -0.2) is 14.4 Å². The van der Waals surface area contributed by atoms with Crippen LogP contribution in [0.1, 0.15) is 24.2 Å². The summed E-state index contributed by atoms with van der Waals surface area (Å²) >= 11 is 0. The van der Waals surface area contributed by atoms with Gasteiger partial charge in [-0.1, -0.05) is 0 Å². The molecule has 1 aliphatic heterocycles. The van der Waals surface area contributed by atoms with E-state index in [1.165, 1.54) is 0 Å². The number of nitrogens with one attached hydrogen (secondary N) is 1. The first kappa shape index (κ1) is 13.4. The van der Waals surface area contributed by atoms with E-state index in [4.69, 9.17) is 4.74 Å². The quantitative estimate of drug-likeness (QED) is 0.744. The highest BCUT2D eigenvalue weighted by Gasteiger charge is 2.37. The Labute approximate surface area is 125 Å². The number of aromatic amines is 1. The Kier molecular flexibility index (Phi) is 2.80. The zero-order valence-corrected chi connectivity index (χ0v) is 12.1. The van der Waals surface area contributed by atoms with Crippen molar-refractivity contribution in [1.82, 2.24) is 19.4 Å². The monoisotopic (exact) mass is 302 g/mol. The smallest absolute Gasteiger partial charge is 0.260 e. The minimum Gasteiger partial charge on any atom is -0.381 e. The summed E-state index contributed by atoms with van der Waals surface area (Å²) in [6, 6.07) is 1.59. The SMILES string of the molecule is Cc1nc2c(cc(C3(F)CCOCC3)c3nccn32)c(=O)[nH]1. The molecule has 0 aliphatic carbocycles. The first-order chi connectivity index (χ1) is 10.6. The lowest BCUT2D eigenvalue weighted by molar-refractivity contribution is -0.0108. The van der Waals surface area contributed by atoms with Crippen molar-refractivity contribution < 1.29 is 9.13 Å². The number of nitrogens with zero attached hydrogens (tertiary/aromatic N) is 3. The van der Waals surface area contributed by atoms with Crippen molar-refractivity contribution in [2.45, 2.75) is 25.4 Å². The first-order valence-corrected chi connectivity index (χ1v) is 7.22. The molecule has 22 heavy (non-hydrogen) atoms. The maximum absolute atomic E-state index is 15.4. The van der Waals surface area contributed by atoms with Crippen LogP contribution in [0.5, 0.6) is 0 Å². The second kappa shape index (κ2) is 4.61. The molecule has 0 atom stereocenters. The highest BCUT2D eigenvalue weighted by atomic mass is 19.1. The Morgan fingerprint density at radius 3 is 2.91 bits per heavy atom. The first-order valence-electron chi connectivity index (χ1n) is 7.22. The van der Waals surface area contributed by atoms with Crippen LogP contribution in [-0.4, -0.2) is 32.6 Å². The van der Waals surface area contributed by atoms with Crippen LogP contribution in [0.4, 0.5) is 4.39 Å². The number of aryl methyl sites for hydroxylation is 1. The molecule has 3 aromatic heterocycles. The lowest BCUT2D eigenvalue weighted by atomic mass is 9.88. The molecule has 1 fully saturated rings. The molecule has 4 rings (SSSR count). The van der Waals surface area contributed by atoms with E-state index in [0.717, 1.165) is 0 Å². The molecule has 0 amide bonds. The number of alkyl halides is 1. The lowest BCUT2D eigenvalue weighted by Crippen LogP contribution is -2.30. The van der Waals surface area contributed by atoms with E-state index in [9.17, 15) is 4.79 Å². The number of pyridine rings is 1. The summed E-state index contributed by atoms with van der Waals surface area (Å²) in [4.78, 5) is 23.5. The topological polar surface area (TPSA) is 72.3 Å². The second-order valence-corrected chi connectivity index (χ2v) is 5.65. The third-order valence-corrected chi connectivity index (χ3v) is 4.22. The number of rotatable bonds is 1. The Morgan fingerprint density at radius 1 is 1.36 bits per heavy atom. The summed E-state index contributed by atoms with van der Waals surface area (Å²) in [5.74, 6) is 0.515. The normalized spacial score (nSPS) is 18.1. The fraction of sp³-hybridized carbons (Fsp3) is 0.400. The highest BCUT2D eigenvalue weighted by Crippen LogP contribution is 2.39. The zero-order valence-electron chi connectivity index (χ0n) is 12.1. The molecule has 0 saturated carbocycles. The maximum atomic E-state index is 15.4. The number of imidazole rings is 1. The molecule has 1 N–H and O–H groups in total. The molecule has 6 nitrogen and oxygen atoms in total. The van der Waals surface area contributed by atoms with Gasteiger partial charge in [-0.2, -0.15) is 0 Å². The van der Waals surface area contributed by atoms with Crippen LogP contribution in [0.3, 0.4) is 0 Å². The number of hydrogen-bond acceptors (Lipinski definition) is 4. The van der Waals surface area contributed by atoms with Gasteiger partial charge in [-0.15, -0.1) is 0 Å². The lowest BCUT2D eigenvalue weighted by Gasteiger charge is -2.30. The summed E-state index contributed by atoms with van der Waals surface area (Å²) in [6.45, 7) is 2.44. The Balaban J connectivity index is 2.10. The number of H-pyrrole nitrogens is 1. The Morgan fingerprint density at radius 2 is 2.14 bits per heavy atom. The van der Waals surface area contributed by atoms with Gasteiger partial charge in [0.25, 0.3) is 5.56 Å². The van der Waals surface area contributed by atoms with E-state index in [1.807, 2.05) is 0 Å². The van der Waals surface area contributed by atoms with Crippen LogP contribution in [0.15, 0.2) is 23.3 Å². The highest BCUT2D eigenvalue weighted by molar-refractivity contribution is 5.80. The third kappa shape index (κ3) is 1.85. The van der Waals surface area contributed by atoms with Gasteiger partial charge in [0.2, 0.25) is 0 Å². The summed E-state index contributed by atoms with van der Waals surface area (Å²) in [7, 11) is 0. The van der Waals surface area contributed by atoms with Gasteiger partial charge in [-0.3, -0.25) is 9.20 Å². The molecule has 4 heterocycles. The fourth-order valence-electron chi connectivity index (χ4n) is 3.07. The van der Waals surface area contributed by atoms with Crippen LogP contribution in [0, 0.1) is 6.92 Å². The van der Waals surface area contributed by atoms with Crippen LogP contribution in [0.2, 0.25) is 0 Å². The van der Waals surface area contributed by atoms with Gasteiger partial charge in [0.1, 0.15) is 17.1 Å². The fourth-order valence-corrected chi connectivity index (χ4v) is 3.07. The third-order valence-electron chi connectivity index (χ3n) is 4.22. The molecule has 0 aromatic carbocycles. The van der Waals surface area contributed by atoms with Crippen molar-refractivity contribution in [3.8, 4) is 0 Å². The molecule has 0 spiro atoms. The predicted molar refractivity (Wildman–Crippen MR) is 78.7 cm³/mol. The van der Waals surface area contributed by atoms with Crippen molar-refractivity contribution in [1.29, 1.82) is 0 Å². The van der Waals surface area contributed by atoms with Gasteiger partial charge >= 0.3 is 0 Å². The van der Waals surface area contributed by atoms with Gasteiger partial charge in [0, 0.05) is 44.0 Å². The van der Waals surface area contributed by atoms with E-state index < -0.39 is 5.67 Å². The molecule has 1 aliphatic rings. The average molecular weight is 302 g/mol. The minimum absolute atomic E-state index is 0.262. The summed E-state index contributed by atoms with van der Waals surface area (Å²) in [5, 5.41) is 0.370. The molecule has 7 heteroatoms. The molecule has 3 aromatic rings. The number of ether oxygens (including phenoxy) is 1. The summed E-state index contributed by atoms with van der Waals surface area (Å²) in [5.41, 5.74) is -0.363. The van der Waals surface area contributed by atoms with Crippen LogP contribution < -0.4 is 5.56 Å². The van der Waals surface area contributed by atoms with Crippen LogP contribution in [0.25, 0.3) is 16.7 Å². The van der Waals surface area contributed by atoms with Crippen molar-refractivity contribution in [3.63, 3.8) is 0 Å². The van der Waals surface area contributed by atoms with Gasteiger partial charge in [0.15, 0.2) is 5.65 Å². The molecule has 114 valence electrons. The van der Waals surface area contributed by atoms with Crippen molar-refractivity contribution in [2.75, 3.05) is 13.2 Å². The molecular formula is C15H15FN4O2. The van der Waals surface area contributed by atoms with Gasteiger partial charge in [-0.05, 0) is 13.0 Å². The average Bonchev–Trinajstić information content (AvgIpc) is 2.96. The maximum Gasteiger partial charge on any atom is 0.260 e. The van der Waals surface area contributed by atoms with Crippen molar-refractivity contribution in [2.24, 2.45) is 0 Å². The zero-order chi connectivity index (χ0) is 15.3. The number of hydrogen-bond donors (Lipinski definition) is 1. The van der Waals surface area contributed by atoms with Gasteiger partial charge in [0.05, 0.1) is 5.39 Å².